The van der Waals surface area contributed by atoms with Crippen LogP contribution in [0.4, 0.5) is 4.39 Å². The molecule has 0 aromatic heterocycles. The lowest BCUT2D eigenvalue weighted by molar-refractivity contribution is -0.160. The summed E-state index contributed by atoms with van der Waals surface area (Å²) in [5.41, 5.74) is -0.951. The third-order valence-corrected chi connectivity index (χ3v) is 4.44. The number of amides is 1. The molecule has 1 fully saturated rings. The minimum Gasteiger partial charge on any atom is -0.494 e. The summed E-state index contributed by atoms with van der Waals surface area (Å²) in [6.45, 7) is 0.316. The second-order valence-corrected chi connectivity index (χ2v) is 5.85. The van der Waals surface area contributed by atoms with Crippen molar-refractivity contribution in [1.82, 2.24) is 4.90 Å². The molecule has 0 aliphatic carbocycles. The number of carboxylic acids is 1. The van der Waals surface area contributed by atoms with E-state index in [-0.39, 0.29) is 31.1 Å². The van der Waals surface area contributed by atoms with Crippen LogP contribution in [0, 0.1) is 5.82 Å². The van der Waals surface area contributed by atoms with Crippen molar-refractivity contribution in [3.05, 3.63) is 29.6 Å². The molecule has 0 spiro atoms. The molecule has 1 amide bonds. The maximum absolute atomic E-state index is 14.1. The van der Waals surface area contributed by atoms with E-state index in [0.29, 0.717) is 24.9 Å². The lowest BCUT2D eigenvalue weighted by atomic mass is 9.96. The second-order valence-electron chi connectivity index (χ2n) is 5.85. The Morgan fingerprint density at radius 1 is 1.38 bits per heavy atom. The first-order valence-electron chi connectivity index (χ1n) is 7.80. The molecule has 1 aromatic rings. The SMILES string of the molecule is COCC1(C(=O)O)CCCN1C(=O)CCc1cccc(OC)c1F. The molecule has 0 bridgehead atoms. The van der Waals surface area contributed by atoms with Crippen LogP contribution in [0.1, 0.15) is 24.8 Å². The average Bonchev–Trinajstić information content (AvgIpc) is 2.99. The van der Waals surface area contributed by atoms with Gasteiger partial charge in [-0.05, 0) is 30.9 Å². The number of aliphatic carboxylic acids is 1. The molecule has 1 N–H and O–H groups in total. The van der Waals surface area contributed by atoms with Gasteiger partial charge in [-0.25, -0.2) is 9.18 Å². The standard InChI is InChI=1S/C17H22FNO5/c1-23-11-17(16(21)22)9-4-10-19(17)14(20)8-7-12-5-3-6-13(24-2)15(12)18/h3,5-6H,4,7-11H2,1-2H3,(H,21,22). The molecule has 2 rings (SSSR count). The Labute approximate surface area is 140 Å². The van der Waals surface area contributed by atoms with E-state index >= 15 is 0 Å². The monoisotopic (exact) mass is 339 g/mol. The lowest BCUT2D eigenvalue weighted by Gasteiger charge is -2.34. The van der Waals surface area contributed by atoms with Crippen LogP contribution >= 0.6 is 0 Å². The largest absolute Gasteiger partial charge is 0.494 e. The van der Waals surface area contributed by atoms with Crippen molar-refractivity contribution in [2.45, 2.75) is 31.2 Å². The van der Waals surface area contributed by atoms with E-state index in [4.69, 9.17) is 9.47 Å². The van der Waals surface area contributed by atoms with E-state index in [2.05, 4.69) is 0 Å². The molecule has 1 atom stereocenters. The fourth-order valence-electron chi connectivity index (χ4n) is 3.20. The van der Waals surface area contributed by atoms with Crippen LogP contribution in [0.3, 0.4) is 0 Å². The normalized spacial score (nSPS) is 20.2. The van der Waals surface area contributed by atoms with Gasteiger partial charge in [0.25, 0.3) is 0 Å². The number of methoxy groups -OCH3 is 2. The van der Waals surface area contributed by atoms with Crippen LogP contribution in [0.5, 0.6) is 5.75 Å². The van der Waals surface area contributed by atoms with E-state index in [0.717, 1.165) is 0 Å². The molecule has 0 saturated carbocycles. The van der Waals surface area contributed by atoms with Crippen molar-refractivity contribution in [3.63, 3.8) is 0 Å². The summed E-state index contributed by atoms with van der Waals surface area (Å²) in [7, 11) is 2.79. The van der Waals surface area contributed by atoms with Crippen molar-refractivity contribution in [2.75, 3.05) is 27.4 Å². The summed E-state index contributed by atoms with van der Waals surface area (Å²) in [5.74, 6) is -1.74. The Morgan fingerprint density at radius 2 is 2.12 bits per heavy atom. The number of halogens is 1. The first kappa shape index (κ1) is 18.2. The van der Waals surface area contributed by atoms with Crippen LogP contribution in [-0.2, 0) is 20.7 Å². The smallest absolute Gasteiger partial charge is 0.332 e. The molecule has 1 aromatic carbocycles. The van der Waals surface area contributed by atoms with Crippen molar-refractivity contribution in [2.24, 2.45) is 0 Å². The molecule has 1 aliphatic rings. The number of aryl methyl sites for hydroxylation is 1. The Bertz CT molecular complexity index is 621. The van der Waals surface area contributed by atoms with Crippen LogP contribution in [0.2, 0.25) is 0 Å². The third kappa shape index (κ3) is 3.36. The molecule has 132 valence electrons. The van der Waals surface area contributed by atoms with Gasteiger partial charge in [-0.15, -0.1) is 0 Å². The fourth-order valence-corrected chi connectivity index (χ4v) is 3.20. The van der Waals surface area contributed by atoms with Gasteiger partial charge in [-0.1, -0.05) is 12.1 Å². The molecular formula is C17H22FNO5. The number of hydrogen-bond donors (Lipinski definition) is 1. The summed E-state index contributed by atoms with van der Waals surface area (Å²) in [6, 6.07) is 4.76. The topological polar surface area (TPSA) is 76.1 Å². The number of carboxylic acid groups (broad SMARTS) is 1. The Morgan fingerprint density at radius 3 is 2.75 bits per heavy atom. The number of carbonyl (C=O) groups is 2. The number of rotatable bonds is 7. The van der Waals surface area contributed by atoms with Crippen molar-refractivity contribution < 1.29 is 28.6 Å². The van der Waals surface area contributed by atoms with Crippen LogP contribution in [-0.4, -0.2) is 54.8 Å². The molecule has 1 heterocycles. The highest BCUT2D eigenvalue weighted by molar-refractivity contribution is 5.88. The number of likely N-dealkylation sites (tertiary alicyclic amines) is 1. The Balaban J connectivity index is 2.10. The highest BCUT2D eigenvalue weighted by atomic mass is 19.1. The van der Waals surface area contributed by atoms with E-state index in [9.17, 15) is 19.1 Å². The van der Waals surface area contributed by atoms with Gasteiger partial charge in [0, 0.05) is 20.1 Å². The highest BCUT2D eigenvalue weighted by Gasteiger charge is 2.49. The number of benzene rings is 1. The zero-order chi connectivity index (χ0) is 17.7. The van der Waals surface area contributed by atoms with Gasteiger partial charge in [0.15, 0.2) is 17.1 Å². The van der Waals surface area contributed by atoms with Crippen LogP contribution in [0.25, 0.3) is 0 Å². The third-order valence-electron chi connectivity index (χ3n) is 4.44. The first-order valence-corrected chi connectivity index (χ1v) is 7.80. The molecule has 7 heteroatoms. The van der Waals surface area contributed by atoms with Gasteiger partial charge in [-0.3, -0.25) is 4.79 Å². The summed E-state index contributed by atoms with van der Waals surface area (Å²) in [4.78, 5) is 25.6. The average molecular weight is 339 g/mol. The Kier molecular flexibility index (Phi) is 5.77. The van der Waals surface area contributed by atoms with Crippen molar-refractivity contribution >= 4 is 11.9 Å². The van der Waals surface area contributed by atoms with Gasteiger partial charge in [-0.2, -0.15) is 0 Å². The summed E-state index contributed by atoms with van der Waals surface area (Å²) in [6.07, 6.45) is 1.17. The summed E-state index contributed by atoms with van der Waals surface area (Å²) < 4.78 is 24.1. The predicted octanol–water partition coefficient (Wildman–Crippen LogP) is 1.86. The quantitative estimate of drug-likeness (QED) is 0.821. The van der Waals surface area contributed by atoms with E-state index in [1.165, 1.54) is 25.2 Å². The molecule has 24 heavy (non-hydrogen) atoms. The first-order chi connectivity index (χ1) is 11.5. The van der Waals surface area contributed by atoms with Crippen LogP contribution < -0.4 is 4.74 Å². The molecule has 0 radical (unpaired) electrons. The Hall–Kier alpha value is -2.15. The number of ether oxygens (including phenoxy) is 2. The van der Waals surface area contributed by atoms with Crippen molar-refractivity contribution in [1.29, 1.82) is 0 Å². The molecule has 1 aliphatic heterocycles. The maximum atomic E-state index is 14.1. The maximum Gasteiger partial charge on any atom is 0.332 e. The number of nitrogens with zero attached hydrogens (tertiary/aromatic N) is 1. The van der Waals surface area contributed by atoms with Crippen molar-refractivity contribution in [3.8, 4) is 5.75 Å². The fraction of sp³-hybridized carbons (Fsp3) is 0.529. The highest BCUT2D eigenvalue weighted by Crippen LogP contribution is 2.31. The number of hydrogen-bond acceptors (Lipinski definition) is 4. The van der Waals surface area contributed by atoms with Gasteiger partial charge in [0.1, 0.15) is 0 Å². The van der Waals surface area contributed by atoms with E-state index in [1.54, 1.807) is 12.1 Å². The second kappa shape index (κ2) is 7.61. The van der Waals surface area contributed by atoms with Crippen LogP contribution in [0.15, 0.2) is 18.2 Å². The number of carbonyl (C=O) groups excluding carboxylic acids is 1. The molecule has 1 unspecified atom stereocenters. The molecular weight excluding hydrogens is 317 g/mol. The van der Waals surface area contributed by atoms with Gasteiger partial charge in [0.2, 0.25) is 5.91 Å². The molecule has 1 saturated heterocycles. The van der Waals surface area contributed by atoms with Gasteiger partial charge >= 0.3 is 5.97 Å². The minimum atomic E-state index is -1.32. The summed E-state index contributed by atoms with van der Waals surface area (Å²) in [5, 5.41) is 9.56. The summed E-state index contributed by atoms with van der Waals surface area (Å²) >= 11 is 0. The molecule has 6 nitrogen and oxygen atoms in total. The lowest BCUT2D eigenvalue weighted by Crippen LogP contribution is -2.56. The van der Waals surface area contributed by atoms with Gasteiger partial charge in [0.05, 0.1) is 13.7 Å². The zero-order valence-corrected chi connectivity index (χ0v) is 13.9. The van der Waals surface area contributed by atoms with E-state index < -0.39 is 17.3 Å². The van der Waals surface area contributed by atoms with E-state index in [1.807, 2.05) is 0 Å². The zero-order valence-electron chi connectivity index (χ0n) is 13.9. The predicted molar refractivity (Wildman–Crippen MR) is 84.5 cm³/mol. The minimum absolute atomic E-state index is 0.0306. The van der Waals surface area contributed by atoms with Gasteiger partial charge < -0.3 is 19.5 Å².